The number of piperidine rings is 2. The van der Waals surface area contributed by atoms with Crippen molar-refractivity contribution in [2.24, 2.45) is 5.41 Å². The highest BCUT2D eigenvalue weighted by Gasteiger charge is 2.43. The van der Waals surface area contributed by atoms with Crippen molar-refractivity contribution < 1.29 is 48.0 Å². The monoisotopic (exact) mass is 771 g/mol. The van der Waals surface area contributed by atoms with Crippen molar-refractivity contribution in [2.45, 2.75) is 123 Å². The van der Waals surface area contributed by atoms with Crippen LogP contribution in [0.5, 0.6) is 11.8 Å². The number of carbonyl (C=O) groups excluding carboxylic acids is 3. The number of nitrogens with one attached hydrogen (secondary N) is 1. The molecule has 0 spiro atoms. The average molecular weight is 772 g/mol. The zero-order valence-electron chi connectivity index (χ0n) is 34.4. The summed E-state index contributed by atoms with van der Waals surface area (Å²) in [5.74, 6) is 0.188. The first-order chi connectivity index (χ1) is 25.5. The van der Waals surface area contributed by atoms with E-state index in [2.05, 4.69) is 15.3 Å². The summed E-state index contributed by atoms with van der Waals surface area (Å²) in [6, 6.07) is 7.29. The predicted octanol–water partition coefficient (Wildman–Crippen LogP) is 6.66. The molecule has 2 N–H and O–H groups in total. The molecular weight excluding hydrogens is 710 g/mol. The number of amides is 3. The third kappa shape index (κ3) is 14.4. The summed E-state index contributed by atoms with van der Waals surface area (Å²) in [7, 11) is 3.10. The number of likely N-dealkylation sites (tertiary alicyclic amines) is 2. The molecule has 306 valence electrons. The molecule has 0 radical (unpaired) electrons. The highest BCUT2D eigenvalue weighted by Crippen LogP contribution is 2.36. The number of hydrogen-bond donors (Lipinski definition) is 2. The molecule has 4 rings (SSSR count). The maximum absolute atomic E-state index is 12.6. The summed E-state index contributed by atoms with van der Waals surface area (Å²) in [5.41, 5.74) is -1.33. The van der Waals surface area contributed by atoms with Crippen molar-refractivity contribution in [3.8, 4) is 11.8 Å². The number of ether oxygens (including phenoxy) is 5. The summed E-state index contributed by atoms with van der Waals surface area (Å²) in [6.45, 7) is 18.2. The van der Waals surface area contributed by atoms with Crippen molar-refractivity contribution in [1.82, 2.24) is 25.1 Å². The maximum Gasteiger partial charge on any atom is 0.410 e. The van der Waals surface area contributed by atoms with Crippen LogP contribution >= 0.6 is 0 Å². The van der Waals surface area contributed by atoms with Crippen LogP contribution in [0.3, 0.4) is 0 Å². The van der Waals surface area contributed by atoms with Crippen LogP contribution in [0.1, 0.15) is 99.1 Å². The van der Waals surface area contributed by atoms with Crippen molar-refractivity contribution >= 4 is 24.2 Å². The molecule has 2 aliphatic rings. The number of aromatic nitrogens is 2. The number of carboxylic acid groups (broad SMARTS) is 1. The lowest BCUT2D eigenvalue weighted by atomic mass is 9.74. The number of hydrogen-bond acceptors (Lipinski definition) is 11. The number of alkyl carbamates (subject to hydrolysis) is 1. The third-order valence-electron chi connectivity index (χ3n) is 9.06. The second-order valence-electron chi connectivity index (χ2n) is 17.2. The standard InChI is InChI=1S/C22H35N3O5.C18H26N2O5/c1-20(2,3)29-18(26)24-22(14-16-8-9-17(28-7)23-15-16)10-12-25(13-11-22)19(27)30-21(4,5)6;1-17(2,3)25-16(23)20-9-7-18(8-10-20,15(21)22)11-13-5-6-14(24-4)19-12-13/h8-9,15H,10-14H2,1-7H3,(H,24,26);5-6,12H,7-11H2,1-4H3,(H,21,22). The Morgan fingerprint density at radius 3 is 1.40 bits per heavy atom. The van der Waals surface area contributed by atoms with Crippen LogP contribution in [0.25, 0.3) is 0 Å². The molecule has 2 aromatic rings. The number of carboxylic acids is 1. The van der Waals surface area contributed by atoms with Gasteiger partial charge >= 0.3 is 24.2 Å². The number of pyridine rings is 2. The summed E-state index contributed by atoms with van der Waals surface area (Å²) in [6.07, 6.45) is 5.08. The Labute approximate surface area is 325 Å². The zero-order valence-corrected chi connectivity index (χ0v) is 34.4. The third-order valence-corrected chi connectivity index (χ3v) is 9.06. The Morgan fingerprint density at radius 1 is 0.655 bits per heavy atom. The van der Waals surface area contributed by atoms with Gasteiger partial charge in [-0.3, -0.25) is 4.79 Å². The van der Waals surface area contributed by atoms with Crippen LogP contribution in [0, 0.1) is 5.41 Å². The minimum atomic E-state index is -0.894. The summed E-state index contributed by atoms with van der Waals surface area (Å²) >= 11 is 0. The lowest BCUT2D eigenvalue weighted by Gasteiger charge is -2.42. The van der Waals surface area contributed by atoms with E-state index in [0.29, 0.717) is 76.5 Å². The van der Waals surface area contributed by atoms with Crippen LogP contribution in [0.15, 0.2) is 36.7 Å². The van der Waals surface area contributed by atoms with Gasteiger partial charge < -0.3 is 43.9 Å². The average Bonchev–Trinajstić information content (AvgIpc) is 3.07. The van der Waals surface area contributed by atoms with E-state index in [0.717, 1.165) is 11.1 Å². The van der Waals surface area contributed by atoms with E-state index < -0.39 is 45.9 Å². The molecule has 2 aromatic heterocycles. The molecule has 2 saturated heterocycles. The summed E-state index contributed by atoms with van der Waals surface area (Å²) in [4.78, 5) is 60.7. The van der Waals surface area contributed by atoms with E-state index in [1.807, 2.05) is 74.4 Å². The number of carbonyl (C=O) groups is 4. The van der Waals surface area contributed by atoms with Crippen molar-refractivity contribution in [3.63, 3.8) is 0 Å². The lowest BCUT2D eigenvalue weighted by Crippen LogP contribution is -2.58. The quantitative estimate of drug-likeness (QED) is 0.273. The van der Waals surface area contributed by atoms with Crippen molar-refractivity contribution in [2.75, 3.05) is 40.4 Å². The van der Waals surface area contributed by atoms with Gasteiger partial charge in [-0.15, -0.1) is 0 Å². The Hall–Kier alpha value is -4.82. The van der Waals surface area contributed by atoms with Gasteiger partial charge in [-0.1, -0.05) is 12.1 Å². The number of rotatable bonds is 8. The molecular formula is C40H61N5O10. The fraction of sp³-hybridized carbons (Fsp3) is 0.650. The van der Waals surface area contributed by atoms with E-state index in [-0.39, 0.29) is 6.09 Å². The van der Waals surface area contributed by atoms with Gasteiger partial charge in [-0.25, -0.2) is 24.4 Å². The molecule has 0 unspecified atom stereocenters. The van der Waals surface area contributed by atoms with Crippen LogP contribution < -0.4 is 14.8 Å². The first kappa shape index (κ1) is 44.6. The molecule has 0 aromatic carbocycles. The first-order valence-electron chi connectivity index (χ1n) is 18.6. The van der Waals surface area contributed by atoms with Gasteiger partial charge in [0.15, 0.2) is 0 Å². The predicted molar refractivity (Wildman–Crippen MR) is 205 cm³/mol. The minimum absolute atomic E-state index is 0.334. The molecule has 4 heterocycles. The number of aliphatic carboxylic acids is 1. The molecule has 0 saturated carbocycles. The van der Waals surface area contributed by atoms with E-state index in [4.69, 9.17) is 23.7 Å². The maximum atomic E-state index is 12.6. The van der Waals surface area contributed by atoms with Gasteiger partial charge in [-0.2, -0.15) is 0 Å². The van der Waals surface area contributed by atoms with E-state index in [1.54, 1.807) is 41.4 Å². The molecule has 0 atom stereocenters. The van der Waals surface area contributed by atoms with Gasteiger partial charge in [0.25, 0.3) is 0 Å². The van der Waals surface area contributed by atoms with Crippen LogP contribution in [0.4, 0.5) is 14.4 Å². The summed E-state index contributed by atoms with van der Waals surface area (Å²) < 4.78 is 26.5. The Morgan fingerprint density at radius 2 is 1.05 bits per heavy atom. The Balaban J connectivity index is 0.000000300. The lowest BCUT2D eigenvalue weighted by molar-refractivity contribution is -0.152. The van der Waals surface area contributed by atoms with Crippen molar-refractivity contribution in [3.05, 3.63) is 47.8 Å². The Kier molecular flexibility index (Phi) is 14.8. The highest BCUT2D eigenvalue weighted by atomic mass is 16.6. The first-order valence-corrected chi connectivity index (χ1v) is 18.6. The number of methoxy groups -OCH3 is 2. The van der Waals surface area contributed by atoms with Crippen LogP contribution in [-0.2, 0) is 31.8 Å². The fourth-order valence-electron chi connectivity index (χ4n) is 6.27. The molecule has 55 heavy (non-hydrogen) atoms. The normalized spacial score (nSPS) is 16.8. The van der Waals surface area contributed by atoms with Gasteiger partial charge in [0.2, 0.25) is 11.8 Å². The topological polar surface area (TPSA) is 179 Å². The molecule has 2 aliphatic heterocycles. The minimum Gasteiger partial charge on any atom is -0.481 e. The number of nitrogens with zero attached hydrogens (tertiary/aromatic N) is 4. The second kappa shape index (κ2) is 18.2. The van der Waals surface area contributed by atoms with Gasteiger partial charge in [0, 0.05) is 50.7 Å². The van der Waals surface area contributed by atoms with E-state index in [1.165, 1.54) is 7.11 Å². The van der Waals surface area contributed by atoms with Gasteiger partial charge in [0.1, 0.15) is 16.8 Å². The molecule has 0 aliphatic carbocycles. The van der Waals surface area contributed by atoms with E-state index in [9.17, 15) is 24.3 Å². The van der Waals surface area contributed by atoms with Gasteiger partial charge in [0.05, 0.1) is 25.2 Å². The molecule has 3 amide bonds. The van der Waals surface area contributed by atoms with Crippen LogP contribution in [0.2, 0.25) is 0 Å². The highest BCUT2D eigenvalue weighted by molar-refractivity contribution is 5.76. The smallest absolute Gasteiger partial charge is 0.410 e. The molecule has 2 fully saturated rings. The Bertz CT molecular complexity index is 1580. The SMILES string of the molecule is COc1ccc(CC2(C(=O)O)CCN(C(=O)OC(C)(C)C)CC2)cn1.COc1ccc(CC2(NC(=O)OC(C)(C)C)CCN(C(=O)OC(C)(C)C)CC2)cn1. The molecule has 15 heteroatoms. The zero-order chi connectivity index (χ0) is 41.2. The summed E-state index contributed by atoms with van der Waals surface area (Å²) in [5, 5.41) is 12.9. The van der Waals surface area contributed by atoms with E-state index >= 15 is 0 Å². The van der Waals surface area contributed by atoms with Gasteiger partial charge in [-0.05, 0) is 112 Å². The second-order valence-corrected chi connectivity index (χ2v) is 17.2. The molecule has 0 bridgehead atoms. The molecule has 15 nitrogen and oxygen atoms in total. The van der Waals surface area contributed by atoms with Crippen molar-refractivity contribution in [1.29, 1.82) is 0 Å². The largest absolute Gasteiger partial charge is 0.481 e. The van der Waals surface area contributed by atoms with Crippen LogP contribution in [-0.4, -0.2) is 112 Å². The fourth-order valence-corrected chi connectivity index (χ4v) is 6.27.